The van der Waals surface area contributed by atoms with E-state index < -0.39 is 6.03 Å². The summed E-state index contributed by atoms with van der Waals surface area (Å²) in [5.41, 5.74) is 5.60. The minimum absolute atomic E-state index is 0.0140. The number of carbonyl (C=O) groups is 1. The van der Waals surface area contributed by atoms with Gasteiger partial charge in [0.1, 0.15) is 12.4 Å². The molecule has 0 aliphatic rings. The fourth-order valence-electron chi connectivity index (χ4n) is 1.57. The van der Waals surface area contributed by atoms with E-state index in [9.17, 15) is 4.79 Å². The van der Waals surface area contributed by atoms with E-state index in [4.69, 9.17) is 20.5 Å². The van der Waals surface area contributed by atoms with Gasteiger partial charge in [-0.15, -0.1) is 0 Å². The molecule has 23 heavy (non-hydrogen) atoms. The molecule has 3 N–H and O–H groups in total. The summed E-state index contributed by atoms with van der Waals surface area (Å²) in [6.45, 7) is -0.0600. The van der Waals surface area contributed by atoms with E-state index in [1.807, 2.05) is 18.2 Å². The lowest BCUT2D eigenvalue weighted by molar-refractivity contribution is -0.0559. The Morgan fingerprint density at radius 1 is 1.35 bits per heavy atom. The Bertz CT molecular complexity index is 664. The number of rotatable bonds is 7. The van der Waals surface area contributed by atoms with Gasteiger partial charge in [-0.2, -0.15) is 0 Å². The highest BCUT2D eigenvalue weighted by Crippen LogP contribution is 2.19. The van der Waals surface area contributed by atoms with Crippen LogP contribution in [0.4, 0.5) is 4.79 Å². The summed E-state index contributed by atoms with van der Waals surface area (Å²) in [6, 6.07) is 11.6. The fraction of sp³-hybridized carbons (Fsp3) is 0.133. The molecule has 1 aromatic heterocycles. The molecular formula is C15H16N4O4. The number of oxime groups is 1. The Morgan fingerprint density at radius 2 is 2.22 bits per heavy atom. The highest BCUT2D eigenvalue weighted by molar-refractivity contribution is 5.79. The van der Waals surface area contributed by atoms with Crippen LogP contribution in [-0.4, -0.2) is 40.7 Å². The third-order valence-electron chi connectivity index (χ3n) is 2.64. The lowest BCUT2D eigenvalue weighted by Gasteiger charge is -2.09. The molecule has 8 heteroatoms. The van der Waals surface area contributed by atoms with Crippen LogP contribution in [0.15, 0.2) is 53.8 Å². The molecule has 0 saturated carbocycles. The standard InChI is InChI=1S/C15H16N4O4/c16-15(20)19(21)8-9-22-18-11-12-4-3-5-13(10-12)23-14-6-1-2-7-17-14/h1-7,10-11,21H,8-9H2,(H2,16,20)/b18-11+. The third-order valence-corrected chi connectivity index (χ3v) is 2.64. The molecule has 2 aromatic rings. The lowest BCUT2D eigenvalue weighted by Crippen LogP contribution is -2.34. The van der Waals surface area contributed by atoms with E-state index in [0.29, 0.717) is 16.7 Å². The molecule has 0 bridgehead atoms. The Labute approximate surface area is 132 Å². The summed E-state index contributed by atoms with van der Waals surface area (Å²) in [4.78, 5) is 19.6. The van der Waals surface area contributed by atoms with Gasteiger partial charge < -0.3 is 15.3 Å². The maximum absolute atomic E-state index is 10.6. The van der Waals surface area contributed by atoms with Crippen LogP contribution in [0.2, 0.25) is 0 Å². The normalized spacial score (nSPS) is 10.5. The molecule has 0 aliphatic carbocycles. The van der Waals surface area contributed by atoms with Gasteiger partial charge in [-0.3, -0.25) is 5.21 Å². The minimum atomic E-state index is -0.947. The van der Waals surface area contributed by atoms with E-state index in [1.54, 1.807) is 30.5 Å². The Morgan fingerprint density at radius 3 is 2.96 bits per heavy atom. The number of pyridine rings is 1. The summed E-state index contributed by atoms with van der Waals surface area (Å²) in [7, 11) is 0. The number of nitrogens with two attached hydrogens (primary N) is 1. The van der Waals surface area contributed by atoms with Gasteiger partial charge in [0.15, 0.2) is 0 Å². The van der Waals surface area contributed by atoms with Crippen LogP contribution >= 0.6 is 0 Å². The van der Waals surface area contributed by atoms with Crippen molar-refractivity contribution in [1.29, 1.82) is 0 Å². The number of aromatic nitrogens is 1. The Kier molecular flexibility index (Phi) is 5.89. The Balaban J connectivity index is 1.85. The summed E-state index contributed by atoms with van der Waals surface area (Å²) in [6.07, 6.45) is 3.13. The number of hydrogen-bond acceptors (Lipinski definition) is 6. The Hall–Kier alpha value is -3.13. The molecule has 2 amide bonds. The smallest absolute Gasteiger partial charge is 0.338 e. The van der Waals surface area contributed by atoms with Crippen molar-refractivity contribution in [3.8, 4) is 11.6 Å². The zero-order chi connectivity index (χ0) is 16.5. The SMILES string of the molecule is NC(=O)N(O)CCO/N=C/c1cccc(Oc2ccccn2)c1. The monoisotopic (exact) mass is 316 g/mol. The average Bonchev–Trinajstić information content (AvgIpc) is 2.55. The predicted molar refractivity (Wildman–Crippen MR) is 82.4 cm³/mol. The number of amides is 2. The van der Waals surface area contributed by atoms with Gasteiger partial charge >= 0.3 is 6.03 Å². The summed E-state index contributed by atoms with van der Waals surface area (Å²) in [5, 5.41) is 13.1. The first-order valence-corrected chi connectivity index (χ1v) is 6.75. The molecule has 0 spiro atoms. The zero-order valence-corrected chi connectivity index (χ0v) is 12.2. The average molecular weight is 316 g/mol. The number of nitrogens with zero attached hydrogens (tertiary/aromatic N) is 3. The maximum atomic E-state index is 10.6. The molecule has 0 aliphatic heterocycles. The number of hydrogen-bond donors (Lipinski definition) is 2. The number of primary amides is 1. The van der Waals surface area contributed by atoms with Gasteiger partial charge in [-0.1, -0.05) is 23.4 Å². The van der Waals surface area contributed by atoms with Gasteiger partial charge in [0.25, 0.3) is 0 Å². The molecule has 0 fully saturated rings. The fourth-order valence-corrected chi connectivity index (χ4v) is 1.57. The first kappa shape index (κ1) is 16.2. The van der Waals surface area contributed by atoms with Gasteiger partial charge in [-0.25, -0.2) is 14.8 Å². The highest BCUT2D eigenvalue weighted by Gasteiger charge is 2.04. The van der Waals surface area contributed by atoms with Crippen molar-refractivity contribution in [3.05, 3.63) is 54.2 Å². The number of hydroxylamine groups is 2. The predicted octanol–water partition coefficient (Wildman–Crippen LogP) is 1.99. The molecule has 0 unspecified atom stereocenters. The van der Waals surface area contributed by atoms with Gasteiger partial charge in [0.05, 0.1) is 12.8 Å². The third kappa shape index (κ3) is 5.64. The summed E-state index contributed by atoms with van der Waals surface area (Å²) in [5.74, 6) is 1.11. The molecular weight excluding hydrogens is 300 g/mol. The van der Waals surface area contributed by atoms with Crippen molar-refractivity contribution in [2.75, 3.05) is 13.2 Å². The number of benzene rings is 1. The minimum Gasteiger partial charge on any atom is -0.439 e. The molecule has 0 atom stereocenters. The van der Waals surface area contributed by atoms with Crippen LogP contribution in [-0.2, 0) is 4.84 Å². The van der Waals surface area contributed by atoms with Crippen molar-refractivity contribution >= 4 is 12.2 Å². The van der Waals surface area contributed by atoms with Crippen molar-refractivity contribution in [2.24, 2.45) is 10.9 Å². The van der Waals surface area contributed by atoms with Gasteiger partial charge in [0, 0.05) is 12.3 Å². The van der Waals surface area contributed by atoms with E-state index in [2.05, 4.69) is 10.1 Å². The van der Waals surface area contributed by atoms with Crippen LogP contribution in [0.5, 0.6) is 11.6 Å². The molecule has 0 radical (unpaired) electrons. The van der Waals surface area contributed by atoms with Crippen LogP contribution in [0.1, 0.15) is 5.56 Å². The van der Waals surface area contributed by atoms with Crippen LogP contribution in [0, 0.1) is 0 Å². The first-order valence-electron chi connectivity index (χ1n) is 6.75. The zero-order valence-electron chi connectivity index (χ0n) is 12.2. The van der Waals surface area contributed by atoms with Crippen LogP contribution in [0.3, 0.4) is 0 Å². The van der Waals surface area contributed by atoms with Crippen molar-refractivity contribution in [1.82, 2.24) is 10.0 Å². The highest BCUT2D eigenvalue weighted by atomic mass is 16.6. The molecule has 2 rings (SSSR count). The summed E-state index contributed by atoms with van der Waals surface area (Å²) < 4.78 is 5.60. The van der Waals surface area contributed by atoms with Crippen LogP contribution < -0.4 is 10.5 Å². The second-order valence-electron chi connectivity index (χ2n) is 4.37. The molecule has 8 nitrogen and oxygen atoms in total. The van der Waals surface area contributed by atoms with E-state index in [0.717, 1.165) is 5.56 Å². The quantitative estimate of drug-likeness (QED) is 0.351. The second-order valence-corrected chi connectivity index (χ2v) is 4.37. The maximum Gasteiger partial charge on any atom is 0.338 e. The van der Waals surface area contributed by atoms with Crippen molar-refractivity contribution < 1.29 is 19.6 Å². The first-order chi connectivity index (χ1) is 11.1. The second kappa shape index (κ2) is 8.35. The molecule has 120 valence electrons. The summed E-state index contributed by atoms with van der Waals surface area (Å²) >= 11 is 0. The molecule has 1 aromatic carbocycles. The topological polar surface area (TPSA) is 110 Å². The van der Waals surface area contributed by atoms with Crippen LogP contribution in [0.25, 0.3) is 0 Å². The van der Waals surface area contributed by atoms with Crippen molar-refractivity contribution in [3.63, 3.8) is 0 Å². The lowest BCUT2D eigenvalue weighted by atomic mass is 10.2. The van der Waals surface area contributed by atoms with Gasteiger partial charge in [-0.05, 0) is 23.8 Å². The molecule has 1 heterocycles. The number of carbonyl (C=O) groups excluding carboxylic acids is 1. The number of urea groups is 1. The largest absolute Gasteiger partial charge is 0.439 e. The van der Waals surface area contributed by atoms with Gasteiger partial charge in [0.2, 0.25) is 5.88 Å². The van der Waals surface area contributed by atoms with E-state index in [-0.39, 0.29) is 13.2 Å². The van der Waals surface area contributed by atoms with E-state index in [1.165, 1.54) is 6.21 Å². The number of ether oxygens (including phenoxy) is 1. The molecule has 0 saturated heterocycles. The van der Waals surface area contributed by atoms with Crippen molar-refractivity contribution in [2.45, 2.75) is 0 Å². The van der Waals surface area contributed by atoms with E-state index >= 15 is 0 Å².